The van der Waals surface area contributed by atoms with E-state index in [9.17, 15) is 9.59 Å². The van der Waals surface area contributed by atoms with Crippen LogP contribution in [0, 0.1) is 17.6 Å². The van der Waals surface area contributed by atoms with Crippen molar-refractivity contribution < 1.29 is 19.1 Å². The molecule has 6 nitrogen and oxygen atoms in total. The quantitative estimate of drug-likeness (QED) is 0.423. The molecule has 1 N–H and O–H groups in total. The van der Waals surface area contributed by atoms with E-state index in [1.54, 1.807) is 42.5 Å². The molecule has 0 aliphatic heterocycles. The largest absolute Gasteiger partial charge is 0.479 e. The van der Waals surface area contributed by atoms with Crippen molar-refractivity contribution in [2.45, 2.75) is 24.8 Å². The summed E-state index contributed by atoms with van der Waals surface area (Å²) >= 11 is 6.83. The lowest BCUT2D eigenvalue weighted by molar-refractivity contribution is -0.153. The highest BCUT2D eigenvalue weighted by molar-refractivity contribution is 8.03. The van der Waals surface area contributed by atoms with E-state index < -0.39 is 24.6 Å². The van der Waals surface area contributed by atoms with Gasteiger partial charge in [0, 0.05) is 15.6 Å². The molecule has 0 spiro atoms. The summed E-state index contributed by atoms with van der Waals surface area (Å²) < 4.78 is 10.4. The van der Waals surface area contributed by atoms with Crippen LogP contribution in [0.4, 0.5) is 5.69 Å². The number of thiocyanates is 1. The summed E-state index contributed by atoms with van der Waals surface area (Å²) in [6.07, 6.45) is -0.872. The van der Waals surface area contributed by atoms with E-state index in [1.165, 1.54) is 6.92 Å². The first-order valence-corrected chi connectivity index (χ1v) is 9.14. The maximum absolute atomic E-state index is 12.0. The molecule has 1 amide bonds. The van der Waals surface area contributed by atoms with Crippen molar-refractivity contribution in [2.24, 2.45) is 0 Å². The lowest BCUT2D eigenvalue weighted by Crippen LogP contribution is -2.29. The first-order valence-electron chi connectivity index (χ1n) is 7.94. The Morgan fingerprint density at radius 3 is 2.59 bits per heavy atom. The molecule has 0 radical (unpaired) electrons. The van der Waals surface area contributed by atoms with Gasteiger partial charge in [0.05, 0.1) is 0 Å². The molecule has 0 aromatic heterocycles. The molecular formula is C19H17ClN2O4S. The number of nitriles is 1. The fourth-order valence-corrected chi connectivity index (χ4v) is 2.70. The van der Waals surface area contributed by atoms with E-state index in [0.717, 1.165) is 22.2 Å². The van der Waals surface area contributed by atoms with Crippen LogP contribution in [0.1, 0.15) is 12.5 Å². The van der Waals surface area contributed by atoms with Gasteiger partial charge in [-0.2, -0.15) is 5.26 Å². The van der Waals surface area contributed by atoms with Gasteiger partial charge in [-0.1, -0.05) is 11.6 Å². The molecule has 0 heterocycles. The van der Waals surface area contributed by atoms with Gasteiger partial charge in [-0.3, -0.25) is 4.79 Å². The van der Waals surface area contributed by atoms with Gasteiger partial charge in [0.2, 0.25) is 0 Å². The Balaban J connectivity index is 1.83. The average Bonchev–Trinajstić information content (AvgIpc) is 2.64. The van der Waals surface area contributed by atoms with Gasteiger partial charge < -0.3 is 14.8 Å². The Hall–Kier alpha value is -2.69. The minimum absolute atomic E-state index is 0.429. The zero-order valence-electron chi connectivity index (χ0n) is 14.7. The molecule has 8 heteroatoms. The van der Waals surface area contributed by atoms with Crippen LogP contribution >= 0.6 is 23.4 Å². The van der Waals surface area contributed by atoms with E-state index in [4.69, 9.17) is 26.3 Å². The topological polar surface area (TPSA) is 88.4 Å². The van der Waals surface area contributed by atoms with Crippen LogP contribution in [0.5, 0.6) is 5.75 Å². The van der Waals surface area contributed by atoms with E-state index in [2.05, 4.69) is 5.32 Å². The number of halogens is 1. The molecule has 0 unspecified atom stereocenters. The number of benzene rings is 2. The molecular weight excluding hydrogens is 388 g/mol. The second kappa shape index (κ2) is 9.86. The minimum atomic E-state index is -0.872. The van der Waals surface area contributed by atoms with Crippen molar-refractivity contribution in [3.05, 3.63) is 53.1 Å². The normalized spacial score (nSPS) is 11.2. The number of thioether (sulfide) groups is 1. The Morgan fingerprint density at radius 2 is 1.96 bits per heavy atom. The number of rotatable bonds is 7. The van der Waals surface area contributed by atoms with Crippen molar-refractivity contribution >= 4 is 40.9 Å². The molecule has 0 saturated heterocycles. The van der Waals surface area contributed by atoms with Gasteiger partial charge >= 0.3 is 5.97 Å². The fourth-order valence-electron chi connectivity index (χ4n) is 2.10. The lowest BCUT2D eigenvalue weighted by atomic mass is 10.2. The lowest BCUT2D eigenvalue weighted by Gasteiger charge is -2.14. The molecule has 27 heavy (non-hydrogen) atoms. The number of amides is 1. The summed E-state index contributed by atoms with van der Waals surface area (Å²) in [7, 11) is 0. The Morgan fingerprint density at radius 1 is 1.26 bits per heavy atom. The van der Waals surface area contributed by atoms with Gasteiger partial charge in [0.25, 0.3) is 5.91 Å². The van der Waals surface area contributed by atoms with Crippen LogP contribution < -0.4 is 10.1 Å². The van der Waals surface area contributed by atoms with Crippen molar-refractivity contribution in [1.82, 2.24) is 0 Å². The summed E-state index contributed by atoms with van der Waals surface area (Å²) in [5.74, 6) is -0.650. The predicted octanol–water partition coefficient (Wildman–Crippen LogP) is 4.17. The molecule has 2 aromatic carbocycles. The number of carbonyl (C=O) groups excluding carboxylic acids is 2. The molecule has 1 atom stereocenters. The summed E-state index contributed by atoms with van der Waals surface area (Å²) in [4.78, 5) is 24.7. The highest BCUT2D eigenvalue weighted by Gasteiger charge is 2.18. The molecule has 0 saturated carbocycles. The molecule has 140 valence electrons. The number of ether oxygens (including phenoxy) is 2. The van der Waals surface area contributed by atoms with Crippen LogP contribution in [-0.2, 0) is 14.3 Å². The van der Waals surface area contributed by atoms with Crippen LogP contribution in [0.25, 0.3) is 0 Å². The third kappa shape index (κ3) is 6.51. The molecule has 0 fully saturated rings. The van der Waals surface area contributed by atoms with Crippen LogP contribution in [-0.4, -0.2) is 24.6 Å². The zero-order chi connectivity index (χ0) is 19.8. The molecule has 0 aliphatic carbocycles. The maximum Gasteiger partial charge on any atom is 0.347 e. The standard InChI is InChI=1S/C19H17ClN2O4S/c1-12-9-16(27-11-21)7-8-17(12)22-18(23)10-25-19(24)13(2)26-15-5-3-14(20)4-6-15/h3-9,13H,10H2,1-2H3,(H,22,23)/t13-/m0/s1. The molecule has 0 aliphatic rings. The van der Waals surface area contributed by atoms with Gasteiger partial charge in [0.15, 0.2) is 12.7 Å². The first kappa shape index (κ1) is 20.6. The van der Waals surface area contributed by atoms with Gasteiger partial charge in [0.1, 0.15) is 11.2 Å². The van der Waals surface area contributed by atoms with E-state index in [0.29, 0.717) is 16.5 Å². The van der Waals surface area contributed by atoms with Gasteiger partial charge in [-0.25, -0.2) is 4.79 Å². The average molecular weight is 405 g/mol. The fraction of sp³-hybridized carbons (Fsp3) is 0.211. The van der Waals surface area contributed by atoms with Crippen molar-refractivity contribution in [3.8, 4) is 11.2 Å². The van der Waals surface area contributed by atoms with E-state index >= 15 is 0 Å². The van der Waals surface area contributed by atoms with Gasteiger partial charge in [-0.05, 0) is 73.6 Å². The van der Waals surface area contributed by atoms with Crippen molar-refractivity contribution in [2.75, 3.05) is 11.9 Å². The number of aryl methyl sites for hydroxylation is 1. The predicted molar refractivity (Wildman–Crippen MR) is 104 cm³/mol. The summed E-state index contributed by atoms with van der Waals surface area (Å²) in [5.41, 5.74) is 1.39. The maximum atomic E-state index is 12.0. The molecule has 2 rings (SSSR count). The van der Waals surface area contributed by atoms with Crippen molar-refractivity contribution in [1.29, 1.82) is 5.26 Å². The third-order valence-corrected chi connectivity index (χ3v) is 4.27. The van der Waals surface area contributed by atoms with Crippen LogP contribution in [0.3, 0.4) is 0 Å². The Kier molecular flexibility index (Phi) is 7.53. The number of hydrogen-bond acceptors (Lipinski definition) is 6. The number of nitrogens with one attached hydrogen (secondary N) is 1. The summed E-state index contributed by atoms with van der Waals surface area (Å²) in [5, 5.41) is 13.9. The number of nitrogens with zero attached hydrogens (tertiary/aromatic N) is 1. The number of hydrogen-bond donors (Lipinski definition) is 1. The minimum Gasteiger partial charge on any atom is -0.479 e. The molecule has 2 aromatic rings. The Labute approximate surface area is 166 Å². The van der Waals surface area contributed by atoms with Crippen LogP contribution in [0.2, 0.25) is 5.02 Å². The number of esters is 1. The summed E-state index contributed by atoms with van der Waals surface area (Å²) in [6, 6.07) is 11.8. The second-order valence-electron chi connectivity index (χ2n) is 5.54. The smallest absolute Gasteiger partial charge is 0.347 e. The third-order valence-electron chi connectivity index (χ3n) is 3.44. The second-order valence-corrected chi connectivity index (χ2v) is 6.83. The highest BCUT2D eigenvalue weighted by atomic mass is 35.5. The number of anilines is 1. The summed E-state index contributed by atoms with van der Waals surface area (Å²) in [6.45, 7) is 2.91. The van der Waals surface area contributed by atoms with Crippen molar-refractivity contribution in [3.63, 3.8) is 0 Å². The first-order chi connectivity index (χ1) is 12.9. The molecule has 0 bridgehead atoms. The highest BCUT2D eigenvalue weighted by Crippen LogP contribution is 2.23. The van der Waals surface area contributed by atoms with Crippen LogP contribution in [0.15, 0.2) is 47.4 Å². The number of carbonyl (C=O) groups is 2. The zero-order valence-corrected chi connectivity index (χ0v) is 16.3. The monoisotopic (exact) mass is 404 g/mol. The Bertz CT molecular complexity index is 865. The van der Waals surface area contributed by atoms with Gasteiger partial charge in [-0.15, -0.1) is 0 Å². The SMILES string of the molecule is Cc1cc(SC#N)ccc1NC(=O)COC(=O)[C@H](C)Oc1ccc(Cl)cc1. The van der Waals surface area contributed by atoms with E-state index in [-0.39, 0.29) is 0 Å². The van der Waals surface area contributed by atoms with E-state index in [1.807, 2.05) is 12.3 Å².